The minimum atomic E-state index is -1.26. The van der Waals surface area contributed by atoms with Gasteiger partial charge in [0.1, 0.15) is 0 Å². The van der Waals surface area contributed by atoms with Crippen molar-refractivity contribution in [2.45, 2.75) is 52.4 Å². The van der Waals surface area contributed by atoms with Crippen molar-refractivity contribution in [1.82, 2.24) is 0 Å². The molecule has 0 saturated carbocycles. The molecular formula is C8H20OSi. The van der Waals surface area contributed by atoms with Crippen LogP contribution < -0.4 is 0 Å². The van der Waals surface area contributed by atoms with Gasteiger partial charge in [-0.25, -0.2) is 0 Å². The van der Waals surface area contributed by atoms with Crippen LogP contribution in [0.3, 0.4) is 0 Å². The predicted octanol–water partition coefficient (Wildman–Crippen LogP) is 3.03. The Kier molecular flexibility index (Phi) is 4.21. The minimum Gasteiger partial charge on any atom is -0.415 e. The van der Waals surface area contributed by atoms with Crippen LogP contribution in [0.15, 0.2) is 0 Å². The van der Waals surface area contributed by atoms with Crippen molar-refractivity contribution in [3.8, 4) is 0 Å². The Morgan fingerprint density at radius 3 is 2.10 bits per heavy atom. The van der Waals surface area contributed by atoms with Gasteiger partial charge >= 0.3 is 0 Å². The third-order valence-corrected chi connectivity index (χ3v) is 4.69. The topological polar surface area (TPSA) is 9.23 Å². The molecule has 62 valence electrons. The second kappa shape index (κ2) is 4.14. The fourth-order valence-corrected chi connectivity index (χ4v) is 2.13. The highest BCUT2D eigenvalue weighted by molar-refractivity contribution is 6.71. The van der Waals surface area contributed by atoms with E-state index in [0.29, 0.717) is 6.10 Å². The van der Waals surface area contributed by atoms with Crippen molar-refractivity contribution >= 4 is 8.32 Å². The van der Waals surface area contributed by atoms with Gasteiger partial charge in [0.25, 0.3) is 0 Å². The van der Waals surface area contributed by atoms with Gasteiger partial charge in [-0.3, -0.25) is 0 Å². The van der Waals surface area contributed by atoms with E-state index in [1.165, 1.54) is 6.04 Å². The van der Waals surface area contributed by atoms with Crippen LogP contribution >= 0.6 is 0 Å². The zero-order valence-electron chi connectivity index (χ0n) is 7.90. The van der Waals surface area contributed by atoms with Crippen molar-refractivity contribution in [3.63, 3.8) is 0 Å². The Morgan fingerprint density at radius 2 is 1.80 bits per heavy atom. The normalized spacial score (nSPS) is 15.3. The van der Waals surface area contributed by atoms with Crippen molar-refractivity contribution in [1.29, 1.82) is 0 Å². The Balaban J connectivity index is 3.64. The van der Waals surface area contributed by atoms with Gasteiger partial charge in [-0.1, -0.05) is 13.8 Å². The molecule has 0 amide bonds. The lowest BCUT2D eigenvalue weighted by Crippen LogP contribution is -2.33. The standard InChI is InChI=1S/C8H20OSi/c1-6-8(3)9-10(4,5)7-2/h8H,6-7H2,1-5H3. The molecule has 0 aromatic carbocycles. The first-order valence-electron chi connectivity index (χ1n) is 4.19. The maximum Gasteiger partial charge on any atom is 0.186 e. The Morgan fingerprint density at radius 1 is 1.30 bits per heavy atom. The molecular weight excluding hydrogens is 140 g/mol. The SMILES string of the molecule is CCC(C)O[Si](C)(C)CC. The van der Waals surface area contributed by atoms with Gasteiger partial charge in [0.05, 0.1) is 0 Å². The zero-order valence-corrected chi connectivity index (χ0v) is 8.90. The van der Waals surface area contributed by atoms with Crippen LogP contribution in [-0.4, -0.2) is 14.4 Å². The van der Waals surface area contributed by atoms with E-state index in [1.54, 1.807) is 0 Å². The van der Waals surface area contributed by atoms with Crippen molar-refractivity contribution in [2.75, 3.05) is 0 Å². The van der Waals surface area contributed by atoms with E-state index in [-0.39, 0.29) is 0 Å². The Hall–Kier alpha value is 0.177. The highest BCUT2D eigenvalue weighted by atomic mass is 28.4. The lowest BCUT2D eigenvalue weighted by Gasteiger charge is -2.25. The van der Waals surface area contributed by atoms with Crippen molar-refractivity contribution in [3.05, 3.63) is 0 Å². The summed E-state index contributed by atoms with van der Waals surface area (Å²) in [6, 6.07) is 1.22. The maximum absolute atomic E-state index is 5.88. The molecule has 2 heteroatoms. The summed E-state index contributed by atoms with van der Waals surface area (Å²) in [7, 11) is -1.26. The molecule has 0 aliphatic carbocycles. The zero-order chi connectivity index (χ0) is 8.20. The van der Waals surface area contributed by atoms with E-state index in [2.05, 4.69) is 33.9 Å². The van der Waals surface area contributed by atoms with Gasteiger partial charge in [0.2, 0.25) is 0 Å². The highest BCUT2D eigenvalue weighted by Gasteiger charge is 2.21. The quantitative estimate of drug-likeness (QED) is 0.574. The average Bonchev–Trinajstić information content (AvgIpc) is 1.87. The first-order valence-corrected chi connectivity index (χ1v) is 7.31. The molecule has 10 heavy (non-hydrogen) atoms. The molecule has 0 N–H and O–H groups in total. The Labute approximate surface area is 65.9 Å². The van der Waals surface area contributed by atoms with Crippen LogP contribution in [0.25, 0.3) is 0 Å². The lowest BCUT2D eigenvalue weighted by molar-refractivity contribution is 0.207. The number of rotatable bonds is 4. The Bertz CT molecular complexity index is 91.3. The van der Waals surface area contributed by atoms with Crippen LogP contribution in [0.4, 0.5) is 0 Å². The van der Waals surface area contributed by atoms with E-state index in [9.17, 15) is 0 Å². The highest BCUT2D eigenvalue weighted by Crippen LogP contribution is 2.13. The molecule has 1 nitrogen and oxygen atoms in total. The fourth-order valence-electron chi connectivity index (χ4n) is 0.711. The predicted molar refractivity (Wildman–Crippen MR) is 48.8 cm³/mol. The first kappa shape index (κ1) is 10.2. The average molecular weight is 160 g/mol. The molecule has 0 rings (SSSR count). The van der Waals surface area contributed by atoms with Gasteiger partial charge in [-0.15, -0.1) is 0 Å². The summed E-state index contributed by atoms with van der Waals surface area (Å²) in [6.07, 6.45) is 1.60. The van der Waals surface area contributed by atoms with E-state index in [0.717, 1.165) is 6.42 Å². The van der Waals surface area contributed by atoms with Crippen LogP contribution in [0, 0.1) is 0 Å². The van der Waals surface area contributed by atoms with E-state index >= 15 is 0 Å². The van der Waals surface area contributed by atoms with Crippen LogP contribution in [-0.2, 0) is 4.43 Å². The monoisotopic (exact) mass is 160 g/mol. The molecule has 0 bridgehead atoms. The maximum atomic E-state index is 5.88. The molecule has 1 unspecified atom stereocenters. The summed E-state index contributed by atoms with van der Waals surface area (Å²) in [5.41, 5.74) is 0. The van der Waals surface area contributed by atoms with Crippen LogP contribution in [0.2, 0.25) is 19.1 Å². The van der Waals surface area contributed by atoms with Gasteiger partial charge in [-0.05, 0) is 32.5 Å². The third-order valence-electron chi connectivity index (χ3n) is 1.95. The van der Waals surface area contributed by atoms with Crippen LogP contribution in [0.1, 0.15) is 27.2 Å². The number of hydrogen-bond donors (Lipinski definition) is 0. The third kappa shape index (κ3) is 4.07. The summed E-state index contributed by atoms with van der Waals surface area (Å²) < 4.78 is 5.88. The van der Waals surface area contributed by atoms with Gasteiger partial charge in [-0.2, -0.15) is 0 Å². The molecule has 0 aliphatic rings. The molecule has 0 radical (unpaired) electrons. The van der Waals surface area contributed by atoms with Crippen molar-refractivity contribution in [2.24, 2.45) is 0 Å². The second-order valence-corrected chi connectivity index (χ2v) is 7.91. The largest absolute Gasteiger partial charge is 0.415 e. The lowest BCUT2D eigenvalue weighted by atomic mass is 10.3. The molecule has 0 aromatic rings. The first-order chi connectivity index (χ1) is 4.52. The molecule has 0 spiro atoms. The smallest absolute Gasteiger partial charge is 0.186 e. The van der Waals surface area contributed by atoms with Crippen LogP contribution in [0.5, 0.6) is 0 Å². The van der Waals surface area contributed by atoms with Gasteiger partial charge < -0.3 is 4.43 Å². The summed E-state index contributed by atoms with van der Waals surface area (Å²) in [5.74, 6) is 0. The second-order valence-electron chi connectivity index (χ2n) is 3.45. The minimum absolute atomic E-state index is 0.460. The summed E-state index contributed by atoms with van der Waals surface area (Å²) in [6.45, 7) is 11.1. The molecule has 0 saturated heterocycles. The number of hydrogen-bond acceptors (Lipinski definition) is 1. The molecule has 0 heterocycles. The van der Waals surface area contributed by atoms with Gasteiger partial charge in [0, 0.05) is 6.10 Å². The molecule has 0 aliphatic heterocycles. The summed E-state index contributed by atoms with van der Waals surface area (Å²) >= 11 is 0. The van der Waals surface area contributed by atoms with Crippen molar-refractivity contribution < 1.29 is 4.43 Å². The molecule has 0 aromatic heterocycles. The molecule has 0 fully saturated rings. The van der Waals surface area contributed by atoms with Gasteiger partial charge in [0.15, 0.2) is 8.32 Å². The van der Waals surface area contributed by atoms with E-state index in [1.807, 2.05) is 0 Å². The van der Waals surface area contributed by atoms with E-state index < -0.39 is 8.32 Å². The summed E-state index contributed by atoms with van der Waals surface area (Å²) in [4.78, 5) is 0. The molecule has 1 atom stereocenters. The summed E-state index contributed by atoms with van der Waals surface area (Å²) in [5, 5.41) is 0. The van der Waals surface area contributed by atoms with E-state index in [4.69, 9.17) is 4.43 Å². The fraction of sp³-hybridized carbons (Fsp3) is 1.00.